The molecule has 1 aliphatic heterocycles. The molecule has 1 fully saturated rings. The van der Waals surface area contributed by atoms with Gasteiger partial charge in [-0.15, -0.1) is 0 Å². The second-order valence-corrected chi connectivity index (χ2v) is 8.62. The highest BCUT2D eigenvalue weighted by Gasteiger charge is 2.29. The molecule has 2 aromatic carbocycles. The summed E-state index contributed by atoms with van der Waals surface area (Å²) in [6.07, 6.45) is 4.05. The third-order valence-electron chi connectivity index (χ3n) is 5.73. The summed E-state index contributed by atoms with van der Waals surface area (Å²) < 4.78 is 2.04. The van der Waals surface area contributed by atoms with E-state index in [4.69, 9.17) is 28.5 Å². The van der Waals surface area contributed by atoms with E-state index in [9.17, 15) is 5.26 Å². The molecule has 3 aromatic rings. The topological polar surface area (TPSA) is 71.9 Å². The summed E-state index contributed by atoms with van der Waals surface area (Å²) in [5.41, 5.74) is 3.45. The number of hydrogen-bond acceptors (Lipinski definition) is 5. The van der Waals surface area contributed by atoms with E-state index < -0.39 is 0 Å². The van der Waals surface area contributed by atoms with Crippen molar-refractivity contribution in [1.82, 2.24) is 14.5 Å². The van der Waals surface area contributed by atoms with Crippen LogP contribution in [0, 0.1) is 22.7 Å². The molecular formula is C24H22Cl2N6. The number of nitrogens with zero attached hydrogens (tertiary/aromatic N) is 6. The number of aromatic nitrogens is 2. The molecule has 0 radical (unpaired) electrons. The van der Waals surface area contributed by atoms with Gasteiger partial charge in [-0.1, -0.05) is 35.3 Å². The van der Waals surface area contributed by atoms with Crippen LogP contribution in [-0.4, -0.2) is 40.6 Å². The number of anilines is 1. The summed E-state index contributed by atoms with van der Waals surface area (Å²) >= 11 is 12.7. The van der Waals surface area contributed by atoms with Crippen molar-refractivity contribution in [2.45, 2.75) is 19.0 Å². The summed E-state index contributed by atoms with van der Waals surface area (Å²) in [5.74, 6) is 0. The molecular weight excluding hydrogens is 443 g/mol. The highest BCUT2D eigenvalue weighted by molar-refractivity contribution is 6.33. The molecule has 1 atom stereocenters. The van der Waals surface area contributed by atoms with Gasteiger partial charge in [-0.25, -0.2) is 4.98 Å². The monoisotopic (exact) mass is 464 g/mol. The van der Waals surface area contributed by atoms with E-state index in [0.29, 0.717) is 22.0 Å². The van der Waals surface area contributed by atoms with Gasteiger partial charge in [0.2, 0.25) is 0 Å². The van der Waals surface area contributed by atoms with Crippen molar-refractivity contribution in [2.24, 2.45) is 0 Å². The minimum Gasteiger partial charge on any atom is -0.361 e. The Balaban J connectivity index is 1.53. The normalized spacial score (nSPS) is 16.5. The van der Waals surface area contributed by atoms with E-state index in [2.05, 4.69) is 39.1 Å². The van der Waals surface area contributed by atoms with Gasteiger partial charge in [-0.3, -0.25) is 4.90 Å². The first-order valence-corrected chi connectivity index (χ1v) is 11.1. The molecule has 0 aliphatic carbocycles. The molecule has 0 saturated carbocycles. The molecule has 4 rings (SSSR count). The largest absolute Gasteiger partial charge is 0.361 e. The van der Waals surface area contributed by atoms with Crippen molar-refractivity contribution in [2.75, 3.05) is 31.1 Å². The first-order valence-electron chi connectivity index (χ1n) is 10.4. The van der Waals surface area contributed by atoms with E-state index in [-0.39, 0.29) is 6.04 Å². The summed E-state index contributed by atoms with van der Waals surface area (Å²) in [7, 11) is 0. The second kappa shape index (κ2) is 10.1. The highest BCUT2D eigenvalue weighted by Crippen LogP contribution is 2.36. The molecule has 32 heavy (non-hydrogen) atoms. The van der Waals surface area contributed by atoms with Crippen LogP contribution in [0.3, 0.4) is 0 Å². The smallest absolute Gasteiger partial charge is 0.0992 e. The first kappa shape index (κ1) is 22.2. The van der Waals surface area contributed by atoms with Crippen LogP contribution in [0.1, 0.15) is 22.9 Å². The molecule has 1 aliphatic rings. The molecule has 0 bridgehead atoms. The van der Waals surface area contributed by atoms with Gasteiger partial charge in [0, 0.05) is 43.9 Å². The molecule has 0 spiro atoms. The Morgan fingerprint density at radius 1 is 1.03 bits per heavy atom. The zero-order valence-electron chi connectivity index (χ0n) is 17.5. The Morgan fingerprint density at radius 2 is 1.84 bits per heavy atom. The van der Waals surface area contributed by atoms with Crippen molar-refractivity contribution in [3.63, 3.8) is 0 Å². The lowest BCUT2D eigenvalue weighted by atomic mass is 10.0. The Hall–Kier alpha value is -3.03. The van der Waals surface area contributed by atoms with Crippen LogP contribution >= 0.6 is 23.2 Å². The highest BCUT2D eigenvalue weighted by atomic mass is 35.5. The first-order chi connectivity index (χ1) is 15.6. The molecule has 1 aromatic heterocycles. The summed E-state index contributed by atoms with van der Waals surface area (Å²) in [6, 6.07) is 17.8. The number of benzene rings is 2. The fraction of sp³-hybridized carbons (Fsp3) is 0.292. The maximum Gasteiger partial charge on any atom is 0.0992 e. The lowest BCUT2D eigenvalue weighted by Crippen LogP contribution is -2.49. The van der Waals surface area contributed by atoms with Crippen LogP contribution in [-0.2, 0) is 13.0 Å². The van der Waals surface area contributed by atoms with Gasteiger partial charge in [0.05, 0.1) is 52.9 Å². The van der Waals surface area contributed by atoms with Crippen LogP contribution in [0.5, 0.6) is 0 Å². The fourth-order valence-corrected chi connectivity index (χ4v) is 4.48. The number of rotatable bonds is 6. The predicted octanol–water partition coefficient (Wildman–Crippen LogP) is 4.69. The van der Waals surface area contributed by atoms with Gasteiger partial charge in [0.25, 0.3) is 0 Å². The SMILES string of the molecule is N#CCc1cn(CCN2CCN(c3ccc(C#N)cc3Cl)[C@H](c3ccc(Cl)cc3)C2)cn1. The van der Waals surface area contributed by atoms with Gasteiger partial charge in [-0.2, -0.15) is 10.5 Å². The van der Waals surface area contributed by atoms with Crippen LogP contribution in [0.15, 0.2) is 55.0 Å². The minimum absolute atomic E-state index is 0.100. The Kier molecular flexibility index (Phi) is 6.97. The molecule has 0 amide bonds. The number of imidazole rings is 1. The predicted molar refractivity (Wildman–Crippen MR) is 126 cm³/mol. The average Bonchev–Trinajstić information content (AvgIpc) is 3.26. The number of nitriles is 2. The zero-order chi connectivity index (χ0) is 22.5. The van der Waals surface area contributed by atoms with E-state index in [1.807, 2.05) is 35.0 Å². The van der Waals surface area contributed by atoms with Crippen LogP contribution < -0.4 is 4.90 Å². The van der Waals surface area contributed by atoms with Crippen LogP contribution in [0.4, 0.5) is 5.69 Å². The van der Waals surface area contributed by atoms with Crippen molar-refractivity contribution in [3.8, 4) is 12.1 Å². The maximum atomic E-state index is 9.17. The molecule has 162 valence electrons. The molecule has 0 N–H and O–H groups in total. The third-order valence-corrected chi connectivity index (χ3v) is 6.28. The van der Waals surface area contributed by atoms with E-state index >= 15 is 0 Å². The number of hydrogen-bond donors (Lipinski definition) is 0. The molecule has 2 heterocycles. The lowest BCUT2D eigenvalue weighted by molar-refractivity contribution is 0.215. The van der Waals surface area contributed by atoms with Gasteiger partial charge in [0.15, 0.2) is 0 Å². The van der Waals surface area contributed by atoms with Crippen LogP contribution in [0.2, 0.25) is 10.0 Å². The van der Waals surface area contributed by atoms with Crippen molar-refractivity contribution in [1.29, 1.82) is 10.5 Å². The lowest BCUT2D eigenvalue weighted by Gasteiger charge is -2.43. The number of halogens is 2. The molecule has 8 heteroatoms. The van der Waals surface area contributed by atoms with Crippen LogP contribution in [0.25, 0.3) is 0 Å². The average molecular weight is 465 g/mol. The molecule has 0 unspecified atom stereocenters. The number of piperazine rings is 1. The second-order valence-electron chi connectivity index (χ2n) is 7.78. The minimum atomic E-state index is 0.100. The summed E-state index contributed by atoms with van der Waals surface area (Å²) in [5, 5.41) is 19.3. The van der Waals surface area contributed by atoms with Gasteiger partial charge in [-0.05, 0) is 35.9 Å². The standard InChI is InChI=1S/C24H22Cl2N6/c25-20-4-2-19(3-5-20)24-16-30(9-10-31-15-21(7-8-27)29-17-31)11-12-32(24)23-6-1-18(14-28)13-22(23)26/h1-6,13,15,17,24H,7,9-12,16H2/t24-/m0/s1. The van der Waals surface area contributed by atoms with Gasteiger partial charge >= 0.3 is 0 Å². The van der Waals surface area contributed by atoms with Gasteiger partial charge < -0.3 is 9.47 Å². The third kappa shape index (κ3) is 5.06. The Labute approximate surface area is 197 Å². The van der Waals surface area contributed by atoms with E-state index in [1.165, 1.54) is 5.56 Å². The summed E-state index contributed by atoms with van der Waals surface area (Å²) in [6.45, 7) is 4.21. The zero-order valence-corrected chi connectivity index (χ0v) is 19.0. The quantitative estimate of drug-likeness (QED) is 0.528. The van der Waals surface area contributed by atoms with Gasteiger partial charge in [0.1, 0.15) is 0 Å². The molecule has 6 nitrogen and oxygen atoms in total. The Morgan fingerprint density at radius 3 is 2.56 bits per heavy atom. The summed E-state index contributed by atoms with van der Waals surface area (Å²) in [4.78, 5) is 9.02. The fourth-order valence-electron chi connectivity index (χ4n) is 4.07. The molecule has 1 saturated heterocycles. The van der Waals surface area contributed by atoms with E-state index in [1.54, 1.807) is 12.4 Å². The van der Waals surface area contributed by atoms with Crippen molar-refractivity contribution >= 4 is 28.9 Å². The Bertz CT molecular complexity index is 1160. The van der Waals surface area contributed by atoms with E-state index in [0.717, 1.165) is 44.1 Å². The van der Waals surface area contributed by atoms with Crippen molar-refractivity contribution < 1.29 is 0 Å². The maximum absolute atomic E-state index is 9.17. The van der Waals surface area contributed by atoms with Crippen molar-refractivity contribution in [3.05, 3.63) is 81.9 Å².